The first-order valence-corrected chi connectivity index (χ1v) is 7.39. The minimum atomic E-state index is -0.416. The van der Waals surface area contributed by atoms with Crippen molar-refractivity contribution < 1.29 is 14.3 Å². The van der Waals surface area contributed by atoms with Gasteiger partial charge in [0, 0.05) is 13.1 Å². The summed E-state index contributed by atoms with van der Waals surface area (Å²) in [6, 6.07) is 0. The second-order valence-corrected chi connectivity index (χ2v) is 7.17. The molecule has 110 valence electrons. The minimum Gasteiger partial charge on any atom is -0.444 e. The van der Waals surface area contributed by atoms with E-state index >= 15 is 0 Å². The van der Waals surface area contributed by atoms with Crippen molar-refractivity contribution in [3.05, 3.63) is 0 Å². The molecular formula is C15H27NO3. The van der Waals surface area contributed by atoms with Gasteiger partial charge in [-0.15, -0.1) is 0 Å². The number of rotatable bonds is 3. The van der Waals surface area contributed by atoms with Gasteiger partial charge in [-0.05, 0) is 59.3 Å². The molecule has 2 aliphatic rings. The zero-order valence-electron chi connectivity index (χ0n) is 12.7. The predicted octanol–water partition coefficient (Wildman–Crippen LogP) is 3.20. The Balaban J connectivity index is 1.75. The molecule has 1 saturated carbocycles. The highest BCUT2D eigenvalue weighted by Gasteiger charge is 2.35. The SMILES string of the molecule is CC(C)(C)OC(=O)N1CCC(C)(OCC2CC2)CC1. The van der Waals surface area contributed by atoms with Crippen LogP contribution >= 0.6 is 0 Å². The molecule has 4 nitrogen and oxygen atoms in total. The fourth-order valence-corrected chi connectivity index (χ4v) is 2.24. The predicted molar refractivity (Wildman–Crippen MR) is 74.1 cm³/mol. The zero-order valence-corrected chi connectivity index (χ0v) is 12.7. The van der Waals surface area contributed by atoms with Crippen molar-refractivity contribution in [1.29, 1.82) is 0 Å². The van der Waals surface area contributed by atoms with Crippen LogP contribution in [0, 0.1) is 5.92 Å². The van der Waals surface area contributed by atoms with Gasteiger partial charge >= 0.3 is 6.09 Å². The zero-order chi connectivity index (χ0) is 14.1. The molecule has 2 fully saturated rings. The van der Waals surface area contributed by atoms with Crippen molar-refractivity contribution in [1.82, 2.24) is 4.90 Å². The van der Waals surface area contributed by atoms with E-state index in [2.05, 4.69) is 6.92 Å². The van der Waals surface area contributed by atoms with E-state index in [1.165, 1.54) is 12.8 Å². The average Bonchev–Trinajstić information content (AvgIpc) is 3.09. The summed E-state index contributed by atoms with van der Waals surface area (Å²) in [4.78, 5) is 13.8. The molecule has 0 aromatic rings. The smallest absolute Gasteiger partial charge is 0.410 e. The summed E-state index contributed by atoms with van der Waals surface area (Å²) in [5.41, 5.74) is -0.471. The number of piperidine rings is 1. The van der Waals surface area contributed by atoms with E-state index in [4.69, 9.17) is 9.47 Å². The standard InChI is InChI=1S/C15H27NO3/c1-14(2,3)19-13(17)16-9-7-15(4,8-10-16)18-11-12-5-6-12/h12H,5-11H2,1-4H3. The summed E-state index contributed by atoms with van der Waals surface area (Å²) >= 11 is 0. The third-order valence-corrected chi connectivity index (χ3v) is 3.84. The summed E-state index contributed by atoms with van der Waals surface area (Å²) < 4.78 is 11.4. The van der Waals surface area contributed by atoms with Crippen LogP contribution in [0.15, 0.2) is 0 Å². The van der Waals surface area contributed by atoms with Gasteiger partial charge in [0.15, 0.2) is 0 Å². The third-order valence-electron chi connectivity index (χ3n) is 3.84. The molecule has 4 heteroatoms. The Bertz CT molecular complexity index is 323. The Morgan fingerprint density at radius 2 is 1.84 bits per heavy atom. The third kappa shape index (κ3) is 4.68. The maximum absolute atomic E-state index is 12.0. The van der Waals surface area contributed by atoms with Gasteiger partial charge in [-0.3, -0.25) is 0 Å². The van der Waals surface area contributed by atoms with E-state index in [-0.39, 0.29) is 11.7 Å². The Hall–Kier alpha value is -0.770. The van der Waals surface area contributed by atoms with Gasteiger partial charge in [0.2, 0.25) is 0 Å². The highest BCUT2D eigenvalue weighted by Crippen LogP contribution is 2.33. The lowest BCUT2D eigenvalue weighted by atomic mass is 9.93. The summed E-state index contributed by atoms with van der Waals surface area (Å²) in [6.07, 6.45) is 4.25. The van der Waals surface area contributed by atoms with Crippen LogP contribution in [0.1, 0.15) is 53.4 Å². The van der Waals surface area contributed by atoms with Gasteiger partial charge in [0.25, 0.3) is 0 Å². The fraction of sp³-hybridized carbons (Fsp3) is 0.933. The van der Waals surface area contributed by atoms with E-state index < -0.39 is 5.60 Å². The molecule has 0 bridgehead atoms. The average molecular weight is 269 g/mol. The van der Waals surface area contributed by atoms with Crippen LogP contribution in [0.3, 0.4) is 0 Å². The van der Waals surface area contributed by atoms with Gasteiger partial charge in [0.05, 0.1) is 12.2 Å². The van der Waals surface area contributed by atoms with Crippen LogP contribution in [-0.4, -0.2) is 41.9 Å². The van der Waals surface area contributed by atoms with Gasteiger partial charge in [-0.2, -0.15) is 0 Å². The fourth-order valence-electron chi connectivity index (χ4n) is 2.24. The Morgan fingerprint density at radius 1 is 1.26 bits per heavy atom. The maximum atomic E-state index is 12.0. The highest BCUT2D eigenvalue weighted by molar-refractivity contribution is 5.68. The van der Waals surface area contributed by atoms with Crippen molar-refractivity contribution in [2.75, 3.05) is 19.7 Å². The molecule has 1 aliphatic carbocycles. The number of nitrogens with zero attached hydrogens (tertiary/aromatic N) is 1. The maximum Gasteiger partial charge on any atom is 0.410 e. The second-order valence-electron chi connectivity index (χ2n) is 7.17. The molecule has 0 aromatic heterocycles. The van der Waals surface area contributed by atoms with Crippen LogP contribution < -0.4 is 0 Å². The molecule has 0 aromatic carbocycles. The van der Waals surface area contributed by atoms with Crippen LogP contribution in [0.4, 0.5) is 4.79 Å². The molecule has 0 N–H and O–H groups in total. The largest absolute Gasteiger partial charge is 0.444 e. The first-order chi connectivity index (χ1) is 8.77. The van der Waals surface area contributed by atoms with Crippen LogP contribution in [0.25, 0.3) is 0 Å². The summed E-state index contributed by atoms with van der Waals surface area (Å²) in [5, 5.41) is 0. The van der Waals surface area contributed by atoms with E-state index in [0.717, 1.165) is 38.5 Å². The van der Waals surface area contributed by atoms with Crippen molar-refractivity contribution in [2.24, 2.45) is 5.92 Å². The van der Waals surface area contributed by atoms with Gasteiger partial charge in [0.1, 0.15) is 5.60 Å². The summed E-state index contributed by atoms with van der Waals surface area (Å²) in [6.45, 7) is 10.2. The molecule has 1 aliphatic heterocycles. The number of hydrogen-bond acceptors (Lipinski definition) is 3. The highest BCUT2D eigenvalue weighted by atomic mass is 16.6. The molecule has 0 radical (unpaired) electrons. The van der Waals surface area contributed by atoms with E-state index in [1.807, 2.05) is 20.8 Å². The van der Waals surface area contributed by atoms with Crippen LogP contribution in [0.2, 0.25) is 0 Å². The number of hydrogen-bond donors (Lipinski definition) is 0. The second kappa shape index (κ2) is 5.31. The molecule has 1 heterocycles. The first kappa shape index (κ1) is 14.6. The summed E-state index contributed by atoms with van der Waals surface area (Å²) in [7, 11) is 0. The summed E-state index contributed by atoms with van der Waals surface area (Å²) in [5.74, 6) is 0.792. The lowest BCUT2D eigenvalue weighted by Crippen LogP contribution is -2.48. The number of carbonyl (C=O) groups excluding carboxylic acids is 1. The monoisotopic (exact) mass is 269 g/mol. The van der Waals surface area contributed by atoms with Gasteiger partial charge in [-0.1, -0.05) is 0 Å². The van der Waals surface area contributed by atoms with E-state index in [0.29, 0.717) is 0 Å². The molecule has 1 saturated heterocycles. The lowest BCUT2D eigenvalue weighted by Gasteiger charge is -2.39. The number of ether oxygens (including phenoxy) is 2. The molecule has 0 spiro atoms. The molecule has 0 atom stereocenters. The Kier molecular flexibility index (Phi) is 4.09. The van der Waals surface area contributed by atoms with Crippen molar-refractivity contribution in [3.63, 3.8) is 0 Å². The number of amides is 1. The molecule has 19 heavy (non-hydrogen) atoms. The van der Waals surface area contributed by atoms with Crippen molar-refractivity contribution >= 4 is 6.09 Å². The minimum absolute atomic E-state index is 0.0545. The van der Waals surface area contributed by atoms with Crippen LogP contribution in [0.5, 0.6) is 0 Å². The Morgan fingerprint density at radius 3 is 2.32 bits per heavy atom. The number of carbonyl (C=O) groups is 1. The van der Waals surface area contributed by atoms with E-state index in [1.54, 1.807) is 4.90 Å². The van der Waals surface area contributed by atoms with Gasteiger partial charge in [-0.25, -0.2) is 4.79 Å². The first-order valence-electron chi connectivity index (χ1n) is 7.39. The molecule has 2 rings (SSSR count). The number of likely N-dealkylation sites (tertiary alicyclic amines) is 1. The molecule has 1 amide bonds. The lowest BCUT2D eigenvalue weighted by molar-refractivity contribution is -0.0760. The van der Waals surface area contributed by atoms with Crippen LogP contribution in [-0.2, 0) is 9.47 Å². The van der Waals surface area contributed by atoms with Crippen molar-refractivity contribution in [2.45, 2.75) is 64.6 Å². The Labute approximate surface area is 116 Å². The molecule has 0 unspecified atom stereocenters. The van der Waals surface area contributed by atoms with Gasteiger partial charge < -0.3 is 14.4 Å². The van der Waals surface area contributed by atoms with E-state index in [9.17, 15) is 4.79 Å². The normalized spacial score (nSPS) is 23.3. The van der Waals surface area contributed by atoms with Crippen molar-refractivity contribution in [3.8, 4) is 0 Å². The topological polar surface area (TPSA) is 38.8 Å². The molecular weight excluding hydrogens is 242 g/mol. The quantitative estimate of drug-likeness (QED) is 0.789.